The number of ether oxygens (including phenoxy) is 1. The van der Waals surface area contributed by atoms with Crippen LogP contribution in [0.4, 0.5) is 10.5 Å². The monoisotopic (exact) mass is 442 g/mol. The van der Waals surface area contributed by atoms with E-state index in [4.69, 9.17) is 4.74 Å². The van der Waals surface area contributed by atoms with Crippen LogP contribution in [0.3, 0.4) is 0 Å². The summed E-state index contributed by atoms with van der Waals surface area (Å²) >= 11 is 3.39. The van der Waals surface area contributed by atoms with Gasteiger partial charge in [-0.25, -0.2) is 9.69 Å². The number of halogens is 1. The number of nitrogens with one attached hydrogen (secondary N) is 1. The zero-order valence-corrected chi connectivity index (χ0v) is 17.1. The second-order valence-corrected chi connectivity index (χ2v) is 7.05. The van der Waals surface area contributed by atoms with Crippen molar-refractivity contribution in [1.29, 1.82) is 0 Å². The number of nitrogens with zero attached hydrogens (tertiary/aromatic N) is 1. The number of imide groups is 2. The largest absolute Gasteiger partial charge is 0.494 e. The van der Waals surface area contributed by atoms with Crippen molar-refractivity contribution in [3.8, 4) is 5.75 Å². The highest BCUT2D eigenvalue weighted by Crippen LogP contribution is 2.26. The lowest BCUT2D eigenvalue weighted by molar-refractivity contribution is -0.122. The van der Waals surface area contributed by atoms with Crippen molar-refractivity contribution in [2.24, 2.45) is 0 Å². The highest BCUT2D eigenvalue weighted by atomic mass is 79.9. The first-order valence-electron chi connectivity index (χ1n) is 8.86. The molecule has 0 radical (unpaired) electrons. The number of amides is 4. The van der Waals surface area contributed by atoms with Crippen molar-refractivity contribution in [3.63, 3.8) is 0 Å². The van der Waals surface area contributed by atoms with Crippen molar-refractivity contribution in [2.75, 3.05) is 11.5 Å². The topological polar surface area (TPSA) is 75.7 Å². The maximum atomic E-state index is 12.9. The molecule has 1 heterocycles. The van der Waals surface area contributed by atoms with Crippen LogP contribution in [0.25, 0.3) is 6.08 Å². The predicted molar refractivity (Wildman–Crippen MR) is 110 cm³/mol. The fraction of sp³-hybridized carbons (Fsp3) is 0.190. The number of benzene rings is 2. The van der Waals surface area contributed by atoms with Gasteiger partial charge in [-0.15, -0.1) is 0 Å². The Morgan fingerprint density at radius 1 is 1.07 bits per heavy atom. The molecule has 0 bridgehead atoms. The third-order valence-corrected chi connectivity index (χ3v) is 4.68. The Kier molecular flexibility index (Phi) is 5.94. The summed E-state index contributed by atoms with van der Waals surface area (Å²) in [5.74, 6) is -0.791. The summed E-state index contributed by atoms with van der Waals surface area (Å²) in [6, 6.07) is 11.6. The lowest BCUT2D eigenvalue weighted by atomic mass is 10.1. The minimum atomic E-state index is -0.763. The second kappa shape index (κ2) is 8.39. The molecule has 1 N–H and O–H groups in total. The van der Waals surface area contributed by atoms with E-state index < -0.39 is 17.8 Å². The van der Waals surface area contributed by atoms with Crippen LogP contribution < -0.4 is 15.0 Å². The van der Waals surface area contributed by atoms with Crippen LogP contribution in [0.5, 0.6) is 5.75 Å². The number of barbiturate groups is 1. The van der Waals surface area contributed by atoms with Crippen molar-refractivity contribution >= 4 is 45.5 Å². The molecule has 0 atom stereocenters. The van der Waals surface area contributed by atoms with Crippen molar-refractivity contribution in [1.82, 2.24) is 5.32 Å². The van der Waals surface area contributed by atoms with E-state index in [1.165, 1.54) is 6.08 Å². The number of hydrogen-bond acceptors (Lipinski definition) is 4. The number of anilines is 1. The Hall–Kier alpha value is -2.93. The molecule has 3 rings (SSSR count). The van der Waals surface area contributed by atoms with Gasteiger partial charge in [-0.05, 0) is 60.9 Å². The van der Waals surface area contributed by atoms with Gasteiger partial charge in [-0.3, -0.25) is 14.9 Å². The molecule has 0 saturated carbocycles. The molecular formula is C21H19BrN2O4. The van der Waals surface area contributed by atoms with Gasteiger partial charge in [-0.1, -0.05) is 35.0 Å². The van der Waals surface area contributed by atoms with E-state index in [0.717, 1.165) is 21.4 Å². The zero-order valence-electron chi connectivity index (χ0n) is 15.5. The molecule has 2 aromatic rings. The molecule has 0 aliphatic carbocycles. The normalized spacial score (nSPS) is 15.8. The van der Waals surface area contributed by atoms with Gasteiger partial charge >= 0.3 is 6.03 Å². The first-order chi connectivity index (χ1) is 13.4. The van der Waals surface area contributed by atoms with Gasteiger partial charge in [0.25, 0.3) is 11.8 Å². The minimum Gasteiger partial charge on any atom is -0.494 e. The van der Waals surface area contributed by atoms with E-state index in [9.17, 15) is 14.4 Å². The third-order valence-electron chi connectivity index (χ3n) is 4.22. The van der Waals surface area contributed by atoms with E-state index >= 15 is 0 Å². The summed E-state index contributed by atoms with van der Waals surface area (Å²) < 4.78 is 6.24. The van der Waals surface area contributed by atoms with Crippen LogP contribution in [0, 0.1) is 0 Å². The summed E-state index contributed by atoms with van der Waals surface area (Å²) in [7, 11) is 0. The summed E-state index contributed by atoms with van der Waals surface area (Å²) in [4.78, 5) is 38.5. The minimum absolute atomic E-state index is 0.125. The summed E-state index contributed by atoms with van der Waals surface area (Å²) in [5.41, 5.74) is 1.96. The maximum Gasteiger partial charge on any atom is 0.335 e. The number of rotatable bonds is 5. The van der Waals surface area contributed by atoms with Gasteiger partial charge in [0.05, 0.1) is 12.3 Å². The van der Waals surface area contributed by atoms with Crippen LogP contribution >= 0.6 is 15.9 Å². The summed E-state index contributed by atoms with van der Waals surface area (Å²) in [6.07, 6.45) is 2.29. The van der Waals surface area contributed by atoms with Crippen molar-refractivity contribution in [2.45, 2.75) is 20.3 Å². The lowest BCUT2D eigenvalue weighted by Gasteiger charge is -2.26. The maximum absolute atomic E-state index is 12.9. The molecule has 28 heavy (non-hydrogen) atoms. The molecule has 1 aliphatic heterocycles. The first-order valence-corrected chi connectivity index (χ1v) is 9.66. The molecule has 0 spiro atoms. The van der Waals surface area contributed by atoms with E-state index in [1.807, 2.05) is 26.0 Å². The standard InChI is InChI=1S/C21H19BrN2O4/c1-3-13-5-7-16(8-6-13)24-20(26)18(19(25)23-21(24)27)11-14-9-15(22)12-17(10-14)28-4-2/h5-12H,3-4H2,1-2H3,(H,23,25,27)/b18-11+. The fourth-order valence-corrected chi connectivity index (χ4v) is 3.35. The average Bonchev–Trinajstić information content (AvgIpc) is 2.65. The van der Waals surface area contributed by atoms with Gasteiger partial charge in [0, 0.05) is 4.47 Å². The third kappa shape index (κ3) is 4.14. The molecule has 0 unspecified atom stereocenters. The van der Waals surface area contributed by atoms with Gasteiger partial charge < -0.3 is 4.74 Å². The molecule has 0 aromatic heterocycles. The number of urea groups is 1. The van der Waals surface area contributed by atoms with Crippen LogP contribution in [0.15, 0.2) is 52.5 Å². The predicted octanol–water partition coefficient (Wildman–Crippen LogP) is 4.08. The average molecular weight is 443 g/mol. The molecule has 1 saturated heterocycles. The van der Waals surface area contributed by atoms with Crippen LogP contribution in [-0.4, -0.2) is 24.5 Å². The lowest BCUT2D eigenvalue weighted by Crippen LogP contribution is -2.54. The van der Waals surface area contributed by atoms with Gasteiger partial charge in [0.15, 0.2) is 0 Å². The molecule has 1 aliphatic rings. The molecular weight excluding hydrogens is 424 g/mol. The van der Waals surface area contributed by atoms with E-state index in [0.29, 0.717) is 23.6 Å². The van der Waals surface area contributed by atoms with Gasteiger partial charge in [-0.2, -0.15) is 0 Å². The highest BCUT2D eigenvalue weighted by molar-refractivity contribution is 9.10. The number of hydrogen-bond donors (Lipinski definition) is 1. The number of aryl methyl sites for hydroxylation is 1. The van der Waals surface area contributed by atoms with Gasteiger partial charge in [0.1, 0.15) is 11.3 Å². The molecule has 1 fully saturated rings. The Balaban J connectivity index is 1.98. The quantitative estimate of drug-likeness (QED) is 0.559. The molecule has 7 heteroatoms. The smallest absolute Gasteiger partial charge is 0.335 e. The first kappa shape index (κ1) is 19.8. The summed E-state index contributed by atoms with van der Waals surface area (Å²) in [5, 5.41) is 2.23. The van der Waals surface area contributed by atoms with E-state index in [1.54, 1.807) is 30.3 Å². The van der Waals surface area contributed by atoms with Crippen LogP contribution in [-0.2, 0) is 16.0 Å². The van der Waals surface area contributed by atoms with E-state index in [2.05, 4.69) is 21.2 Å². The molecule has 6 nitrogen and oxygen atoms in total. The molecule has 4 amide bonds. The van der Waals surface area contributed by atoms with E-state index in [-0.39, 0.29) is 5.57 Å². The van der Waals surface area contributed by atoms with Crippen LogP contribution in [0.2, 0.25) is 0 Å². The Labute approximate surface area is 171 Å². The highest BCUT2D eigenvalue weighted by Gasteiger charge is 2.36. The SMILES string of the molecule is CCOc1cc(Br)cc(/C=C2\C(=O)NC(=O)N(c3ccc(CC)cc3)C2=O)c1. The fourth-order valence-electron chi connectivity index (χ4n) is 2.86. The van der Waals surface area contributed by atoms with Crippen molar-refractivity contribution < 1.29 is 19.1 Å². The number of carbonyl (C=O) groups is 3. The molecule has 2 aromatic carbocycles. The van der Waals surface area contributed by atoms with Gasteiger partial charge in [0.2, 0.25) is 0 Å². The molecule has 144 valence electrons. The Morgan fingerprint density at radius 3 is 2.43 bits per heavy atom. The Morgan fingerprint density at radius 2 is 1.79 bits per heavy atom. The van der Waals surface area contributed by atoms with Crippen LogP contribution in [0.1, 0.15) is 25.0 Å². The second-order valence-electron chi connectivity index (χ2n) is 6.13. The zero-order chi connectivity index (χ0) is 20.3. The van der Waals surface area contributed by atoms with Crippen molar-refractivity contribution in [3.05, 3.63) is 63.6 Å². The summed E-state index contributed by atoms with van der Waals surface area (Å²) in [6.45, 7) is 4.37. The number of carbonyl (C=O) groups excluding carboxylic acids is 3. The Bertz CT molecular complexity index is 967.